The minimum atomic E-state index is -4.43. The van der Waals surface area contributed by atoms with Crippen molar-refractivity contribution >= 4 is 0 Å². The predicted octanol–water partition coefficient (Wildman–Crippen LogP) is 2.99. The molecule has 1 N–H and O–H groups in total. The molecule has 0 heterocycles. The van der Waals surface area contributed by atoms with Gasteiger partial charge in [0.15, 0.2) is 0 Å². The zero-order valence-electron chi connectivity index (χ0n) is 8.10. The lowest BCUT2D eigenvalue weighted by molar-refractivity contribution is -0.0882. The van der Waals surface area contributed by atoms with Crippen molar-refractivity contribution in [3.63, 3.8) is 0 Å². The van der Waals surface area contributed by atoms with Gasteiger partial charge in [0.1, 0.15) is 0 Å². The molecule has 0 amide bonds. The summed E-state index contributed by atoms with van der Waals surface area (Å²) in [4.78, 5) is 0. The van der Waals surface area contributed by atoms with Crippen LogP contribution in [0, 0.1) is 0 Å². The molecule has 14 heavy (non-hydrogen) atoms. The third-order valence-electron chi connectivity index (χ3n) is 1.69. The Hall–Kier alpha value is -1.03. The van der Waals surface area contributed by atoms with Crippen molar-refractivity contribution in [2.45, 2.75) is 26.1 Å². The van der Waals surface area contributed by atoms with E-state index in [-0.39, 0.29) is 5.57 Å². The molecule has 80 valence electrons. The fourth-order valence-corrected chi connectivity index (χ4v) is 0.881. The summed E-state index contributed by atoms with van der Waals surface area (Å²) in [6, 6.07) is 0. The molecular weight excluding hydrogens is 193 g/mol. The van der Waals surface area contributed by atoms with E-state index in [0.29, 0.717) is 0 Å². The quantitative estimate of drug-likeness (QED) is 0.704. The van der Waals surface area contributed by atoms with Crippen molar-refractivity contribution < 1.29 is 18.3 Å². The number of allylic oxidation sites excluding steroid dienone is 3. The molecule has 4 heteroatoms. The lowest BCUT2D eigenvalue weighted by Gasteiger charge is -2.10. The number of hydrogen-bond acceptors (Lipinski definition) is 1. The Balaban J connectivity index is 5.03. The normalized spacial score (nSPS) is 16.7. The molecule has 1 atom stereocenters. The number of rotatable bonds is 3. The van der Waals surface area contributed by atoms with Crippen LogP contribution in [0.3, 0.4) is 0 Å². The zero-order valence-corrected chi connectivity index (χ0v) is 8.10. The molecule has 0 saturated heterocycles. The van der Waals surface area contributed by atoms with E-state index in [9.17, 15) is 13.2 Å². The average molecular weight is 206 g/mol. The number of aliphatic hydroxyl groups is 1. The van der Waals surface area contributed by atoms with Gasteiger partial charge in [-0.3, -0.25) is 0 Å². The maximum absolute atomic E-state index is 12.2. The molecule has 1 unspecified atom stereocenters. The van der Waals surface area contributed by atoms with E-state index in [1.807, 2.05) is 0 Å². The highest BCUT2D eigenvalue weighted by molar-refractivity contribution is 5.33. The molecule has 0 rings (SSSR count). The van der Waals surface area contributed by atoms with E-state index in [4.69, 9.17) is 5.11 Å². The van der Waals surface area contributed by atoms with Gasteiger partial charge in [-0.2, -0.15) is 13.2 Å². The van der Waals surface area contributed by atoms with Crippen molar-refractivity contribution in [2.24, 2.45) is 0 Å². The summed E-state index contributed by atoms with van der Waals surface area (Å²) in [5.74, 6) is 0. The first kappa shape index (κ1) is 13.0. The van der Waals surface area contributed by atoms with Crippen LogP contribution in [-0.2, 0) is 0 Å². The van der Waals surface area contributed by atoms with Gasteiger partial charge in [-0.1, -0.05) is 18.7 Å². The molecule has 0 saturated carbocycles. The number of alkyl halides is 3. The van der Waals surface area contributed by atoms with Gasteiger partial charge in [0, 0.05) is 0 Å². The molecule has 0 aliphatic heterocycles. The van der Waals surface area contributed by atoms with Crippen LogP contribution >= 0.6 is 0 Å². The summed E-state index contributed by atoms with van der Waals surface area (Å²) in [7, 11) is 0. The Labute approximate surface area is 81.2 Å². The highest BCUT2D eigenvalue weighted by Gasteiger charge is 2.31. The van der Waals surface area contributed by atoms with E-state index in [2.05, 4.69) is 6.58 Å². The Morgan fingerprint density at radius 2 is 1.93 bits per heavy atom. The van der Waals surface area contributed by atoms with Gasteiger partial charge in [0.25, 0.3) is 0 Å². The molecule has 0 aliphatic carbocycles. The Bertz CT molecular complexity index is 259. The summed E-state index contributed by atoms with van der Waals surface area (Å²) in [6.07, 6.45) is -2.30. The van der Waals surface area contributed by atoms with Gasteiger partial charge >= 0.3 is 6.18 Å². The first-order valence-corrected chi connectivity index (χ1v) is 4.08. The maximum atomic E-state index is 12.2. The minimum absolute atomic E-state index is 0.220. The van der Waals surface area contributed by atoms with Crippen molar-refractivity contribution in [3.05, 3.63) is 36.0 Å². The van der Waals surface area contributed by atoms with Gasteiger partial charge in [0.05, 0.1) is 11.7 Å². The second-order valence-corrected chi connectivity index (χ2v) is 2.77. The third-order valence-corrected chi connectivity index (χ3v) is 1.69. The van der Waals surface area contributed by atoms with Crippen molar-refractivity contribution in [3.8, 4) is 0 Å². The van der Waals surface area contributed by atoms with Gasteiger partial charge in [-0.25, -0.2) is 0 Å². The zero-order chi connectivity index (χ0) is 11.4. The first-order valence-electron chi connectivity index (χ1n) is 4.08. The fraction of sp³-hybridized carbons (Fsp3) is 0.400. The van der Waals surface area contributed by atoms with Crippen molar-refractivity contribution in [1.82, 2.24) is 0 Å². The van der Waals surface area contributed by atoms with E-state index in [1.165, 1.54) is 13.0 Å². The predicted molar refractivity (Wildman–Crippen MR) is 49.8 cm³/mol. The van der Waals surface area contributed by atoms with Crippen LogP contribution in [0.5, 0.6) is 0 Å². The van der Waals surface area contributed by atoms with E-state index in [1.54, 1.807) is 6.92 Å². The van der Waals surface area contributed by atoms with Crippen LogP contribution in [0.15, 0.2) is 36.0 Å². The van der Waals surface area contributed by atoms with Gasteiger partial charge in [-0.05, 0) is 25.5 Å². The molecule has 1 nitrogen and oxygen atoms in total. The summed E-state index contributed by atoms with van der Waals surface area (Å²) >= 11 is 0. The SMILES string of the molecule is C=C/C(=C\C(=C/C)C(C)O)C(F)(F)F. The van der Waals surface area contributed by atoms with Crippen LogP contribution in [0.25, 0.3) is 0 Å². The van der Waals surface area contributed by atoms with Crippen LogP contribution in [0.2, 0.25) is 0 Å². The lowest BCUT2D eigenvalue weighted by Crippen LogP contribution is -2.12. The molecule has 0 aromatic rings. The topological polar surface area (TPSA) is 20.2 Å². The number of halogens is 3. The first-order chi connectivity index (χ1) is 6.32. The minimum Gasteiger partial charge on any atom is -0.389 e. The second kappa shape index (κ2) is 5.00. The summed E-state index contributed by atoms with van der Waals surface area (Å²) < 4.78 is 36.7. The number of hydrogen-bond donors (Lipinski definition) is 1. The molecule has 0 radical (unpaired) electrons. The van der Waals surface area contributed by atoms with E-state index < -0.39 is 17.9 Å². The highest BCUT2D eigenvalue weighted by Crippen LogP contribution is 2.27. The monoisotopic (exact) mass is 206 g/mol. The summed E-state index contributed by atoms with van der Waals surface area (Å²) in [6.45, 7) is 6.05. The summed E-state index contributed by atoms with van der Waals surface area (Å²) in [5, 5.41) is 9.11. The molecule has 0 spiro atoms. The molecule has 0 aliphatic rings. The van der Waals surface area contributed by atoms with Crippen LogP contribution in [-0.4, -0.2) is 17.4 Å². The smallest absolute Gasteiger partial charge is 0.389 e. The van der Waals surface area contributed by atoms with Gasteiger partial charge in [-0.15, -0.1) is 0 Å². The number of aliphatic hydroxyl groups excluding tert-OH is 1. The van der Waals surface area contributed by atoms with Crippen LogP contribution in [0.1, 0.15) is 13.8 Å². The Morgan fingerprint density at radius 1 is 1.43 bits per heavy atom. The molecule has 0 fully saturated rings. The Morgan fingerprint density at radius 3 is 2.14 bits per heavy atom. The maximum Gasteiger partial charge on any atom is 0.416 e. The second-order valence-electron chi connectivity index (χ2n) is 2.77. The van der Waals surface area contributed by atoms with Crippen molar-refractivity contribution in [1.29, 1.82) is 0 Å². The van der Waals surface area contributed by atoms with Crippen molar-refractivity contribution in [2.75, 3.05) is 0 Å². The molecule has 0 aromatic heterocycles. The lowest BCUT2D eigenvalue weighted by atomic mass is 10.1. The molecule has 0 aromatic carbocycles. The van der Waals surface area contributed by atoms with Gasteiger partial charge < -0.3 is 5.11 Å². The highest BCUT2D eigenvalue weighted by atomic mass is 19.4. The Kier molecular flexibility index (Phi) is 4.63. The average Bonchev–Trinajstić information content (AvgIpc) is 2.03. The molecular formula is C10H13F3O. The standard InChI is InChI=1S/C10H13F3O/c1-4-8(7(3)14)6-9(5-2)10(11,12)13/h4-7,14H,2H2,1,3H3/b8-4+,9-6+. The summed E-state index contributed by atoms with van der Waals surface area (Å²) in [5.41, 5.74) is -0.635. The van der Waals surface area contributed by atoms with Crippen LogP contribution < -0.4 is 0 Å². The van der Waals surface area contributed by atoms with Gasteiger partial charge in [0.2, 0.25) is 0 Å². The molecule has 0 bridgehead atoms. The third kappa shape index (κ3) is 3.79. The fourth-order valence-electron chi connectivity index (χ4n) is 0.881. The van der Waals surface area contributed by atoms with E-state index in [0.717, 1.165) is 12.2 Å². The largest absolute Gasteiger partial charge is 0.416 e. The van der Waals surface area contributed by atoms with E-state index >= 15 is 0 Å². The van der Waals surface area contributed by atoms with Crippen LogP contribution in [0.4, 0.5) is 13.2 Å².